The highest BCUT2D eigenvalue weighted by Crippen LogP contribution is 2.05. The molecule has 0 aliphatic heterocycles. The molecule has 5 heteroatoms. The minimum Gasteiger partial charge on any atom is -0.354 e. The molecule has 17 heavy (non-hydrogen) atoms. The van der Waals surface area contributed by atoms with Crippen LogP contribution in [0.1, 0.15) is 45.4 Å². The van der Waals surface area contributed by atoms with Crippen LogP contribution >= 0.6 is 0 Å². The predicted octanol–water partition coefficient (Wildman–Crippen LogP) is 2.60. The van der Waals surface area contributed by atoms with Crippen LogP contribution in [0.4, 0.5) is 11.9 Å². The van der Waals surface area contributed by atoms with Crippen molar-refractivity contribution in [3.63, 3.8) is 0 Å². The molecule has 1 heterocycles. The van der Waals surface area contributed by atoms with E-state index in [4.69, 9.17) is 0 Å². The van der Waals surface area contributed by atoms with Crippen LogP contribution in [0.5, 0.6) is 0 Å². The van der Waals surface area contributed by atoms with Crippen molar-refractivity contribution in [2.45, 2.75) is 46.5 Å². The Hall–Kier alpha value is -1.39. The van der Waals surface area contributed by atoms with Gasteiger partial charge in [0.2, 0.25) is 11.9 Å². The Balaban J connectivity index is 2.41. The highest BCUT2D eigenvalue weighted by Gasteiger charge is 2.01. The molecule has 0 fully saturated rings. The molecule has 0 amide bonds. The van der Waals surface area contributed by atoms with Gasteiger partial charge in [-0.1, -0.05) is 26.2 Å². The molecule has 0 aliphatic carbocycles. The summed E-state index contributed by atoms with van der Waals surface area (Å²) < 4.78 is 0. The molecular weight excluding hydrogens is 214 g/mol. The lowest BCUT2D eigenvalue weighted by atomic mass is 10.2. The molecule has 0 saturated heterocycles. The first-order valence-corrected chi connectivity index (χ1v) is 6.46. The molecule has 0 atom stereocenters. The first-order chi connectivity index (χ1) is 8.26. The number of rotatable bonds is 8. The Morgan fingerprint density at radius 2 is 1.59 bits per heavy atom. The van der Waals surface area contributed by atoms with Gasteiger partial charge in [-0.3, -0.25) is 0 Å². The van der Waals surface area contributed by atoms with Crippen LogP contribution in [-0.4, -0.2) is 28.0 Å². The second-order valence-electron chi connectivity index (χ2n) is 4.05. The van der Waals surface area contributed by atoms with Gasteiger partial charge in [-0.15, -0.1) is 0 Å². The zero-order valence-corrected chi connectivity index (χ0v) is 11.1. The van der Waals surface area contributed by atoms with Crippen molar-refractivity contribution in [2.75, 3.05) is 23.7 Å². The highest BCUT2D eigenvalue weighted by atomic mass is 15.2. The SMILES string of the molecule is CCCCCCNc1nc(C)nc(NCC)n1. The molecule has 1 aromatic heterocycles. The summed E-state index contributed by atoms with van der Waals surface area (Å²) in [6.07, 6.45) is 4.97. The molecule has 0 saturated carbocycles. The van der Waals surface area contributed by atoms with Crippen LogP contribution < -0.4 is 10.6 Å². The molecule has 0 bridgehead atoms. The number of aromatic nitrogens is 3. The topological polar surface area (TPSA) is 62.7 Å². The molecule has 96 valence electrons. The van der Waals surface area contributed by atoms with E-state index >= 15 is 0 Å². The number of aryl methyl sites for hydroxylation is 1. The lowest BCUT2D eigenvalue weighted by Gasteiger charge is -2.07. The van der Waals surface area contributed by atoms with Crippen molar-refractivity contribution < 1.29 is 0 Å². The number of unbranched alkanes of at least 4 members (excludes halogenated alkanes) is 3. The van der Waals surface area contributed by atoms with Gasteiger partial charge in [0.05, 0.1) is 0 Å². The zero-order chi connectivity index (χ0) is 12.5. The number of nitrogens with one attached hydrogen (secondary N) is 2. The van der Waals surface area contributed by atoms with Crippen LogP contribution in [0.3, 0.4) is 0 Å². The van der Waals surface area contributed by atoms with E-state index in [-0.39, 0.29) is 0 Å². The van der Waals surface area contributed by atoms with Crippen LogP contribution in [-0.2, 0) is 0 Å². The fourth-order valence-electron chi connectivity index (χ4n) is 1.55. The predicted molar refractivity (Wildman–Crippen MR) is 71.4 cm³/mol. The minimum atomic E-state index is 0.649. The maximum Gasteiger partial charge on any atom is 0.227 e. The third-order valence-electron chi connectivity index (χ3n) is 2.40. The van der Waals surface area contributed by atoms with Crippen molar-refractivity contribution >= 4 is 11.9 Å². The van der Waals surface area contributed by atoms with E-state index in [1.165, 1.54) is 19.3 Å². The quantitative estimate of drug-likeness (QED) is 0.680. The van der Waals surface area contributed by atoms with Gasteiger partial charge in [-0.25, -0.2) is 0 Å². The monoisotopic (exact) mass is 237 g/mol. The van der Waals surface area contributed by atoms with Gasteiger partial charge in [0.1, 0.15) is 5.82 Å². The Morgan fingerprint density at radius 3 is 2.24 bits per heavy atom. The van der Waals surface area contributed by atoms with Crippen molar-refractivity contribution in [3.8, 4) is 0 Å². The van der Waals surface area contributed by atoms with Gasteiger partial charge in [-0.2, -0.15) is 15.0 Å². The summed E-state index contributed by atoms with van der Waals surface area (Å²) in [4.78, 5) is 12.8. The summed E-state index contributed by atoms with van der Waals surface area (Å²) in [6.45, 7) is 7.86. The largest absolute Gasteiger partial charge is 0.354 e. The Bertz CT molecular complexity index is 327. The van der Waals surface area contributed by atoms with Gasteiger partial charge in [0, 0.05) is 13.1 Å². The first kappa shape index (κ1) is 13.7. The molecule has 2 N–H and O–H groups in total. The average molecular weight is 237 g/mol. The summed E-state index contributed by atoms with van der Waals surface area (Å²) in [5.74, 6) is 2.06. The molecule has 0 aliphatic rings. The van der Waals surface area contributed by atoms with Crippen molar-refractivity contribution in [1.29, 1.82) is 0 Å². The van der Waals surface area contributed by atoms with E-state index in [1.807, 2.05) is 13.8 Å². The normalized spacial score (nSPS) is 10.3. The third kappa shape index (κ3) is 5.47. The lowest BCUT2D eigenvalue weighted by molar-refractivity contribution is 0.683. The van der Waals surface area contributed by atoms with Gasteiger partial charge in [0.15, 0.2) is 0 Å². The van der Waals surface area contributed by atoms with Crippen LogP contribution in [0.2, 0.25) is 0 Å². The fourth-order valence-corrected chi connectivity index (χ4v) is 1.55. The second-order valence-corrected chi connectivity index (χ2v) is 4.05. The van der Waals surface area contributed by atoms with Crippen LogP contribution in [0, 0.1) is 6.92 Å². The standard InChI is InChI=1S/C12H23N5/c1-4-6-7-8-9-14-12-16-10(3)15-11(17-12)13-5-2/h4-9H2,1-3H3,(H2,13,14,15,16,17). The summed E-state index contributed by atoms with van der Waals surface area (Å²) in [5.41, 5.74) is 0. The summed E-state index contributed by atoms with van der Waals surface area (Å²) in [7, 11) is 0. The number of hydrogen-bond donors (Lipinski definition) is 2. The Kier molecular flexibility index (Phi) is 6.29. The average Bonchev–Trinajstić information content (AvgIpc) is 2.28. The molecule has 0 spiro atoms. The molecule has 0 radical (unpaired) electrons. The van der Waals surface area contributed by atoms with Crippen molar-refractivity contribution in [1.82, 2.24) is 15.0 Å². The molecule has 5 nitrogen and oxygen atoms in total. The van der Waals surface area contributed by atoms with Gasteiger partial charge in [0.25, 0.3) is 0 Å². The van der Waals surface area contributed by atoms with Gasteiger partial charge >= 0.3 is 0 Å². The fraction of sp³-hybridized carbons (Fsp3) is 0.750. The van der Waals surface area contributed by atoms with Gasteiger partial charge in [-0.05, 0) is 20.3 Å². The number of hydrogen-bond acceptors (Lipinski definition) is 5. The van der Waals surface area contributed by atoms with Crippen molar-refractivity contribution in [2.24, 2.45) is 0 Å². The van der Waals surface area contributed by atoms with E-state index in [0.29, 0.717) is 11.9 Å². The maximum absolute atomic E-state index is 4.30. The maximum atomic E-state index is 4.30. The smallest absolute Gasteiger partial charge is 0.227 e. The Labute approximate surface area is 103 Å². The third-order valence-corrected chi connectivity index (χ3v) is 2.40. The Morgan fingerprint density at radius 1 is 0.882 bits per heavy atom. The highest BCUT2D eigenvalue weighted by molar-refractivity contribution is 5.33. The molecule has 0 unspecified atom stereocenters. The zero-order valence-electron chi connectivity index (χ0n) is 11.1. The van der Waals surface area contributed by atoms with E-state index < -0.39 is 0 Å². The van der Waals surface area contributed by atoms with E-state index in [0.717, 1.165) is 25.3 Å². The van der Waals surface area contributed by atoms with Crippen molar-refractivity contribution in [3.05, 3.63) is 5.82 Å². The molecule has 1 aromatic rings. The van der Waals surface area contributed by atoms with Crippen LogP contribution in [0.25, 0.3) is 0 Å². The second kappa shape index (κ2) is 7.81. The molecule has 1 rings (SSSR count). The summed E-state index contributed by atoms with van der Waals surface area (Å²) >= 11 is 0. The molecule has 0 aromatic carbocycles. The summed E-state index contributed by atoms with van der Waals surface area (Å²) in [6, 6.07) is 0. The number of nitrogens with zero attached hydrogens (tertiary/aromatic N) is 3. The number of anilines is 2. The molecular formula is C12H23N5. The van der Waals surface area contributed by atoms with E-state index in [9.17, 15) is 0 Å². The lowest BCUT2D eigenvalue weighted by Crippen LogP contribution is -2.10. The first-order valence-electron chi connectivity index (χ1n) is 6.46. The minimum absolute atomic E-state index is 0.649. The van der Waals surface area contributed by atoms with Gasteiger partial charge < -0.3 is 10.6 Å². The summed E-state index contributed by atoms with van der Waals surface area (Å²) in [5, 5.41) is 6.34. The van der Waals surface area contributed by atoms with E-state index in [1.54, 1.807) is 0 Å². The van der Waals surface area contributed by atoms with Crippen LogP contribution in [0.15, 0.2) is 0 Å². The van der Waals surface area contributed by atoms with E-state index in [2.05, 4.69) is 32.5 Å².